The molecule has 2 rings (SSSR count). The van der Waals surface area contributed by atoms with Crippen molar-refractivity contribution in [1.29, 1.82) is 0 Å². The lowest BCUT2D eigenvalue weighted by molar-refractivity contribution is -0.142. The molecule has 0 spiro atoms. The van der Waals surface area contributed by atoms with E-state index >= 15 is 0 Å². The molecule has 1 fully saturated rings. The monoisotopic (exact) mass is 1850 g/mol. The smallest absolute Gasteiger partial charge is 0.333 e. The van der Waals surface area contributed by atoms with Crippen LogP contribution in [0.3, 0.4) is 0 Å². The molecular weight excluding hydrogens is 1710 g/mol. The molecule has 0 aromatic heterocycles. The van der Waals surface area contributed by atoms with Gasteiger partial charge in [-0.2, -0.15) is 0 Å². The molecule has 6 atom stereocenters. The van der Waals surface area contributed by atoms with E-state index in [9.17, 15) is 62.6 Å². The number of aliphatic hydroxyl groups excluding tert-OH is 12. The van der Waals surface area contributed by atoms with E-state index in [-0.39, 0.29) is 117 Å². The van der Waals surface area contributed by atoms with Crippen LogP contribution in [0, 0.1) is 11.8 Å². The third kappa shape index (κ3) is 113. The fraction of sp³-hybridized carbons (Fsp3) is 0.533. The Bertz CT molecular complexity index is 3200. The van der Waals surface area contributed by atoms with Gasteiger partial charge in [-0.3, -0.25) is 0 Å². The second-order valence-electron chi connectivity index (χ2n) is 26.3. The highest BCUT2D eigenvalue weighted by atomic mass is 35.5. The maximum absolute atomic E-state index is 10.8. The van der Waals surface area contributed by atoms with Gasteiger partial charge in [0.1, 0.15) is 84.0 Å². The van der Waals surface area contributed by atoms with E-state index < -0.39 is 96.3 Å². The Morgan fingerprint density at radius 1 is 0.344 bits per heavy atom. The topological polar surface area (TPSA) is 568 Å². The molecule has 1 aliphatic rings. The summed E-state index contributed by atoms with van der Waals surface area (Å²) in [5.74, 6) is -3.78. The van der Waals surface area contributed by atoms with Gasteiger partial charge in [-0.1, -0.05) is 104 Å². The molecule has 0 saturated heterocycles. The summed E-state index contributed by atoms with van der Waals surface area (Å²) in [7, 11) is 0. The molecule has 0 radical (unpaired) electrons. The highest BCUT2D eigenvalue weighted by Crippen LogP contribution is 2.28. The predicted octanol–water partition coefficient (Wildman–Crippen LogP) is 6.59. The van der Waals surface area contributed by atoms with Gasteiger partial charge in [0.2, 0.25) is 0 Å². The number of unbranched alkanes of at least 4 members (excludes halogenated alkanes) is 2. The molecule has 37 nitrogen and oxygen atoms in total. The van der Waals surface area contributed by atoms with E-state index in [2.05, 4.69) is 126 Å². The van der Waals surface area contributed by atoms with Crippen molar-refractivity contribution < 1.29 is 180 Å². The highest BCUT2D eigenvalue weighted by molar-refractivity contribution is 6.18. The third-order valence-corrected chi connectivity index (χ3v) is 13.3. The summed E-state index contributed by atoms with van der Waals surface area (Å²) in [6.07, 6.45) is 9.00. The van der Waals surface area contributed by atoms with Gasteiger partial charge >= 0.3 is 71.6 Å². The van der Waals surface area contributed by atoms with Gasteiger partial charge in [-0.15, -0.1) is 11.6 Å². The number of esters is 12. The summed E-state index contributed by atoms with van der Waals surface area (Å²) in [4.78, 5) is 127. The minimum absolute atomic E-state index is 0.0326. The molecular formula is C90H145ClO37. The van der Waals surface area contributed by atoms with Crippen LogP contribution in [0.2, 0.25) is 0 Å². The molecule has 0 bridgehead atoms. The van der Waals surface area contributed by atoms with Gasteiger partial charge in [-0.25, -0.2) is 57.5 Å². The molecule has 0 aliphatic heterocycles. The minimum Gasteiger partial charge on any atom is -0.491 e. The average Bonchev–Trinajstić information content (AvgIpc) is 0.917. The summed E-state index contributed by atoms with van der Waals surface area (Å²) in [5, 5.41) is 103. The Balaban J connectivity index is -0.000000149. The fourth-order valence-electron chi connectivity index (χ4n) is 6.16. The van der Waals surface area contributed by atoms with Gasteiger partial charge in [0, 0.05) is 89.2 Å². The fourth-order valence-corrected chi connectivity index (χ4v) is 6.25. The Morgan fingerprint density at radius 2 is 0.609 bits per heavy atom. The Labute approximate surface area is 758 Å². The zero-order valence-corrected chi connectivity index (χ0v) is 77.1. The van der Waals surface area contributed by atoms with Crippen molar-refractivity contribution >= 4 is 83.2 Å². The lowest BCUT2D eigenvalue weighted by Gasteiger charge is -2.26. The largest absolute Gasteiger partial charge is 0.491 e. The van der Waals surface area contributed by atoms with Crippen LogP contribution in [0.4, 0.5) is 0 Å². The predicted molar refractivity (Wildman–Crippen MR) is 479 cm³/mol. The second-order valence-corrected chi connectivity index (χ2v) is 26.6. The van der Waals surface area contributed by atoms with Gasteiger partial charge in [0.05, 0.1) is 69.9 Å². The molecule has 1 aromatic carbocycles. The summed E-state index contributed by atoms with van der Waals surface area (Å²) in [5.41, 5.74) is 2.47. The summed E-state index contributed by atoms with van der Waals surface area (Å²) in [6, 6.07) is 9.10. The standard InChI is InChI=1S/C12H14O4.C11H18O3.2C8H14O3.C7H11ClO3.3C7H12O3.3C6H10O3.C5H8O3/c1-2-12(14)16-9-10(13)8-15-11-6-4-3-5-7-11;1-2-11(13)14-8-10-5-3-9(7-12)4-6-10;1-7(2)8(10)11-6-4-3-5-9;1-4-7(9)5-11-8(10)6(2)3;1-5(2)7(10)11-4-6(9)3-8;2*1-5(2)7(9)10-4-6(3)8;1-2-7(9)10-6-4-3-5-8;2*1-5(2)6(8)9-4-3-7;1-3-6(8)9-4-5(2)7;1-2-5(7)8-4-3-6/h2-7,10,13H,1,8-9H2;2,9-10,12H,1,3-8H2;9H,1,3-6H2,2H3;7,9H,2,4-5H2,1,3H3;6,9H,1,3-4H2,2H3;2*6,8H,1,4H2,2-3H3;2,8H,1,3-6H2;2*7H,1,3-4H2,2H3;3,5,7H,1,4H2,2H3;2,6H,1,3-4H2. The van der Waals surface area contributed by atoms with E-state index in [1.807, 2.05) is 25.1 Å². The van der Waals surface area contributed by atoms with Crippen molar-refractivity contribution in [3.8, 4) is 5.75 Å². The summed E-state index contributed by atoms with van der Waals surface area (Å²) >= 11 is 5.25. The van der Waals surface area contributed by atoms with Crippen LogP contribution in [0.25, 0.3) is 0 Å². The summed E-state index contributed by atoms with van der Waals surface area (Å²) in [6.45, 7) is 58.8. The number of carbonyl (C=O) groups is 12. The van der Waals surface area contributed by atoms with Gasteiger partial charge < -0.3 is 123 Å². The van der Waals surface area contributed by atoms with Gasteiger partial charge in [0.15, 0.2) is 0 Å². The van der Waals surface area contributed by atoms with Crippen molar-refractivity contribution in [3.05, 3.63) is 179 Å². The highest BCUT2D eigenvalue weighted by Gasteiger charge is 2.22. The molecule has 1 aromatic rings. The number of alkyl halides is 1. The first-order valence-corrected chi connectivity index (χ1v) is 40.3. The van der Waals surface area contributed by atoms with Gasteiger partial charge in [-0.05, 0) is 151 Å². The number of benzene rings is 1. The normalized spacial score (nSPS) is 12.5. The van der Waals surface area contributed by atoms with Crippen molar-refractivity contribution in [2.24, 2.45) is 11.8 Å². The first-order chi connectivity index (χ1) is 60.0. The molecule has 38 heteroatoms. The van der Waals surface area contributed by atoms with Crippen molar-refractivity contribution in [2.75, 3.05) is 131 Å². The molecule has 12 N–H and O–H groups in total. The average molecular weight is 1850 g/mol. The van der Waals surface area contributed by atoms with Crippen LogP contribution in [0.5, 0.6) is 5.75 Å². The van der Waals surface area contributed by atoms with Crippen LogP contribution >= 0.6 is 11.6 Å². The number of aliphatic hydroxyl groups is 12. The number of halogens is 1. The number of hydrogen-bond donors (Lipinski definition) is 12. The maximum atomic E-state index is 10.8. The molecule has 1 aliphatic carbocycles. The zero-order chi connectivity index (χ0) is 101. The Hall–Kier alpha value is -10.7. The van der Waals surface area contributed by atoms with Crippen LogP contribution in [-0.4, -0.2) is 301 Å². The molecule has 1 saturated carbocycles. The molecule has 0 amide bonds. The first-order valence-electron chi connectivity index (χ1n) is 39.8. The van der Waals surface area contributed by atoms with Crippen LogP contribution in [0.1, 0.15) is 134 Å². The van der Waals surface area contributed by atoms with Crippen LogP contribution in [-0.2, 0) is 114 Å². The van der Waals surface area contributed by atoms with Crippen molar-refractivity contribution in [1.82, 2.24) is 0 Å². The van der Waals surface area contributed by atoms with E-state index in [0.29, 0.717) is 115 Å². The first kappa shape index (κ1) is 138. The SMILES string of the molecule is C=C(C)C(=O)OCC(C)O.C=C(C)C(=O)OCC(C)O.C=C(C)C(=O)OCC(O)CC.C=C(C)C(=O)OCC(O)CCl.C=C(C)C(=O)OCCCCO.C=C(C)C(=O)OCCO.C=C(C)C(=O)OCCO.C=CC(=O)OCC(C)O.C=CC(=O)OCC(O)COc1ccccc1.C=CC(=O)OCC1CCC(CO)CC1.C=CC(=O)OCCCCO.C=CC(=O)OCCO. The lowest BCUT2D eigenvalue weighted by Crippen LogP contribution is -2.24. The zero-order valence-electron chi connectivity index (χ0n) is 76.3. The number of para-hydroxylation sites is 1. The van der Waals surface area contributed by atoms with E-state index in [1.165, 1.54) is 19.9 Å². The number of rotatable bonds is 46. The number of ether oxygens (including phenoxy) is 13. The second kappa shape index (κ2) is 98.5. The van der Waals surface area contributed by atoms with E-state index in [1.54, 1.807) is 67.5 Å². The van der Waals surface area contributed by atoms with Gasteiger partial charge in [0.25, 0.3) is 0 Å². The molecule has 6 unspecified atom stereocenters. The number of hydrogen-bond acceptors (Lipinski definition) is 37. The van der Waals surface area contributed by atoms with Crippen molar-refractivity contribution in [2.45, 2.75) is 171 Å². The number of carbonyl (C=O) groups excluding carboxylic acids is 12. The van der Waals surface area contributed by atoms with Crippen molar-refractivity contribution in [3.63, 3.8) is 0 Å². The Morgan fingerprint density at radius 3 is 0.914 bits per heavy atom. The van der Waals surface area contributed by atoms with Crippen LogP contribution in [0.15, 0.2) is 179 Å². The quantitative estimate of drug-likeness (QED) is 0.0108. The van der Waals surface area contributed by atoms with E-state index in [0.717, 1.165) is 50.0 Å². The van der Waals surface area contributed by atoms with Crippen LogP contribution < -0.4 is 4.74 Å². The third-order valence-electron chi connectivity index (χ3n) is 13.0. The van der Waals surface area contributed by atoms with E-state index in [4.69, 9.17) is 82.0 Å². The Kier molecular flexibility index (Phi) is 106. The molecule has 0 heterocycles. The summed E-state index contributed by atoms with van der Waals surface area (Å²) < 4.78 is 60.4. The molecule has 734 valence electrons. The minimum atomic E-state index is -0.843. The maximum Gasteiger partial charge on any atom is 0.333 e. The lowest BCUT2D eigenvalue weighted by atomic mass is 9.83. The molecule has 128 heavy (non-hydrogen) atoms.